The van der Waals surface area contributed by atoms with E-state index in [2.05, 4.69) is 5.32 Å². The minimum atomic E-state index is -0.574. The van der Waals surface area contributed by atoms with E-state index in [0.717, 1.165) is 18.5 Å². The number of nitrogen functional groups attached to an aromatic ring is 1. The van der Waals surface area contributed by atoms with Crippen molar-refractivity contribution >= 4 is 23.2 Å². The Morgan fingerprint density at radius 2 is 2.11 bits per heavy atom. The standard InChI is InChI=1S/C13H18N4O2/c1-17(7-12(18)16-8-2-3-8)9-4-5-11(14)10(6-9)13(15)19/h4-6,8H,2-3,7,14H2,1H3,(H2,15,19)(H,16,18). The number of likely N-dealkylation sites (N-methyl/N-ethyl adjacent to an activating group) is 1. The number of anilines is 2. The number of nitrogens with two attached hydrogens (primary N) is 2. The molecule has 102 valence electrons. The number of hydrogen-bond donors (Lipinski definition) is 3. The van der Waals surface area contributed by atoms with Crippen molar-refractivity contribution in [2.24, 2.45) is 5.73 Å². The zero-order chi connectivity index (χ0) is 14.0. The third-order valence-electron chi connectivity index (χ3n) is 3.07. The highest BCUT2D eigenvalue weighted by Gasteiger charge is 2.23. The lowest BCUT2D eigenvalue weighted by atomic mass is 10.1. The minimum absolute atomic E-state index is 0.0255. The van der Waals surface area contributed by atoms with Gasteiger partial charge < -0.3 is 21.7 Å². The highest BCUT2D eigenvalue weighted by molar-refractivity contribution is 5.99. The maximum atomic E-state index is 11.7. The minimum Gasteiger partial charge on any atom is -0.398 e. The van der Waals surface area contributed by atoms with Gasteiger partial charge in [0.15, 0.2) is 0 Å². The molecule has 2 rings (SSSR count). The number of hydrogen-bond acceptors (Lipinski definition) is 4. The van der Waals surface area contributed by atoms with Crippen LogP contribution < -0.4 is 21.7 Å². The summed E-state index contributed by atoms with van der Waals surface area (Å²) in [7, 11) is 1.78. The number of rotatable bonds is 5. The van der Waals surface area contributed by atoms with Crippen molar-refractivity contribution in [3.05, 3.63) is 23.8 Å². The molecule has 1 saturated carbocycles. The predicted molar refractivity (Wildman–Crippen MR) is 73.8 cm³/mol. The van der Waals surface area contributed by atoms with Gasteiger partial charge in [-0.1, -0.05) is 0 Å². The van der Waals surface area contributed by atoms with E-state index in [0.29, 0.717) is 11.7 Å². The molecule has 0 aliphatic heterocycles. The van der Waals surface area contributed by atoms with Crippen LogP contribution in [-0.2, 0) is 4.79 Å². The third-order valence-corrected chi connectivity index (χ3v) is 3.07. The first-order chi connectivity index (χ1) is 8.97. The fourth-order valence-corrected chi connectivity index (χ4v) is 1.80. The van der Waals surface area contributed by atoms with Gasteiger partial charge >= 0.3 is 0 Å². The lowest BCUT2D eigenvalue weighted by Crippen LogP contribution is -2.36. The Morgan fingerprint density at radius 3 is 2.68 bits per heavy atom. The molecule has 2 amide bonds. The van der Waals surface area contributed by atoms with Gasteiger partial charge in [-0.05, 0) is 31.0 Å². The fraction of sp³-hybridized carbons (Fsp3) is 0.385. The summed E-state index contributed by atoms with van der Waals surface area (Å²) in [6.45, 7) is 0.235. The molecule has 0 radical (unpaired) electrons. The second kappa shape index (κ2) is 5.17. The quantitative estimate of drug-likeness (QED) is 0.654. The van der Waals surface area contributed by atoms with Gasteiger partial charge in [-0.3, -0.25) is 9.59 Å². The molecule has 0 atom stereocenters. The number of amides is 2. The number of nitrogens with one attached hydrogen (secondary N) is 1. The summed E-state index contributed by atoms with van der Waals surface area (Å²) in [5, 5.41) is 2.91. The molecule has 1 aliphatic rings. The van der Waals surface area contributed by atoms with Crippen LogP contribution >= 0.6 is 0 Å². The molecule has 1 aliphatic carbocycles. The van der Waals surface area contributed by atoms with Crippen LogP contribution in [0.4, 0.5) is 11.4 Å². The second-order valence-electron chi connectivity index (χ2n) is 4.83. The number of carbonyl (C=O) groups is 2. The van der Waals surface area contributed by atoms with Crippen molar-refractivity contribution < 1.29 is 9.59 Å². The van der Waals surface area contributed by atoms with Gasteiger partial charge in [0.1, 0.15) is 0 Å². The Kier molecular flexibility index (Phi) is 3.59. The summed E-state index contributed by atoms with van der Waals surface area (Å²) < 4.78 is 0. The molecule has 0 saturated heterocycles. The van der Waals surface area contributed by atoms with E-state index in [-0.39, 0.29) is 18.0 Å². The van der Waals surface area contributed by atoms with Gasteiger partial charge in [0.05, 0.1) is 12.1 Å². The van der Waals surface area contributed by atoms with Crippen molar-refractivity contribution in [3.8, 4) is 0 Å². The van der Waals surface area contributed by atoms with Crippen LogP contribution in [0.3, 0.4) is 0 Å². The third kappa shape index (κ3) is 3.37. The molecular weight excluding hydrogens is 244 g/mol. The number of benzene rings is 1. The Morgan fingerprint density at radius 1 is 1.42 bits per heavy atom. The second-order valence-corrected chi connectivity index (χ2v) is 4.83. The van der Waals surface area contributed by atoms with Gasteiger partial charge in [0, 0.05) is 24.5 Å². The summed E-state index contributed by atoms with van der Waals surface area (Å²) in [6.07, 6.45) is 2.12. The molecule has 0 bridgehead atoms. The maximum Gasteiger partial charge on any atom is 0.250 e. The summed E-state index contributed by atoms with van der Waals surface area (Å²) in [4.78, 5) is 24.7. The van der Waals surface area contributed by atoms with E-state index in [1.807, 2.05) is 0 Å². The first-order valence-electron chi connectivity index (χ1n) is 6.17. The predicted octanol–water partition coefficient (Wildman–Crippen LogP) is 0.0825. The lowest BCUT2D eigenvalue weighted by molar-refractivity contribution is -0.119. The topological polar surface area (TPSA) is 101 Å². The van der Waals surface area contributed by atoms with E-state index in [1.54, 1.807) is 30.1 Å². The van der Waals surface area contributed by atoms with Crippen LogP contribution in [-0.4, -0.2) is 31.4 Å². The first-order valence-corrected chi connectivity index (χ1v) is 6.17. The molecule has 6 nitrogen and oxygen atoms in total. The van der Waals surface area contributed by atoms with Crippen molar-refractivity contribution in [1.29, 1.82) is 0 Å². The van der Waals surface area contributed by atoms with Crippen molar-refractivity contribution in [1.82, 2.24) is 5.32 Å². The molecule has 6 heteroatoms. The van der Waals surface area contributed by atoms with Gasteiger partial charge in [0.2, 0.25) is 5.91 Å². The monoisotopic (exact) mass is 262 g/mol. The Hall–Kier alpha value is -2.24. The Labute approximate surface area is 111 Å². The van der Waals surface area contributed by atoms with E-state index in [1.165, 1.54) is 0 Å². The average Bonchev–Trinajstić information content (AvgIpc) is 3.12. The Bertz CT molecular complexity index is 511. The number of primary amides is 1. The lowest BCUT2D eigenvalue weighted by Gasteiger charge is -2.19. The van der Waals surface area contributed by atoms with Crippen LogP contribution in [0.1, 0.15) is 23.2 Å². The van der Waals surface area contributed by atoms with Gasteiger partial charge in [-0.2, -0.15) is 0 Å². The average molecular weight is 262 g/mol. The van der Waals surface area contributed by atoms with E-state index in [9.17, 15) is 9.59 Å². The fourth-order valence-electron chi connectivity index (χ4n) is 1.80. The molecule has 0 aromatic heterocycles. The van der Waals surface area contributed by atoms with Gasteiger partial charge in [-0.15, -0.1) is 0 Å². The molecule has 0 spiro atoms. The van der Waals surface area contributed by atoms with Gasteiger partial charge in [0.25, 0.3) is 5.91 Å². The van der Waals surface area contributed by atoms with Crippen molar-refractivity contribution in [2.45, 2.75) is 18.9 Å². The van der Waals surface area contributed by atoms with Crippen LogP contribution in [0.2, 0.25) is 0 Å². The molecule has 1 aromatic rings. The molecule has 0 unspecified atom stereocenters. The number of nitrogens with zero attached hydrogens (tertiary/aromatic N) is 1. The molecule has 19 heavy (non-hydrogen) atoms. The molecule has 1 aromatic carbocycles. The maximum absolute atomic E-state index is 11.7. The zero-order valence-corrected chi connectivity index (χ0v) is 10.8. The summed E-state index contributed by atoms with van der Waals surface area (Å²) in [6, 6.07) is 5.31. The van der Waals surface area contributed by atoms with Crippen molar-refractivity contribution in [3.63, 3.8) is 0 Å². The van der Waals surface area contributed by atoms with Crippen LogP contribution in [0.25, 0.3) is 0 Å². The highest BCUT2D eigenvalue weighted by Crippen LogP contribution is 2.21. The van der Waals surface area contributed by atoms with E-state index in [4.69, 9.17) is 11.5 Å². The highest BCUT2D eigenvalue weighted by atomic mass is 16.2. The zero-order valence-electron chi connectivity index (χ0n) is 10.8. The van der Waals surface area contributed by atoms with E-state index < -0.39 is 5.91 Å². The van der Waals surface area contributed by atoms with Gasteiger partial charge in [-0.25, -0.2) is 0 Å². The van der Waals surface area contributed by atoms with E-state index >= 15 is 0 Å². The van der Waals surface area contributed by atoms with Crippen LogP contribution in [0.5, 0.6) is 0 Å². The summed E-state index contributed by atoms with van der Waals surface area (Å²) in [5.41, 5.74) is 12.3. The number of carbonyl (C=O) groups excluding carboxylic acids is 2. The summed E-state index contributed by atoms with van der Waals surface area (Å²) in [5.74, 6) is -0.599. The molecule has 0 heterocycles. The largest absolute Gasteiger partial charge is 0.398 e. The Balaban J connectivity index is 2.05. The van der Waals surface area contributed by atoms with Crippen LogP contribution in [0, 0.1) is 0 Å². The SMILES string of the molecule is CN(CC(=O)NC1CC1)c1ccc(N)c(C(N)=O)c1. The van der Waals surface area contributed by atoms with Crippen LogP contribution in [0.15, 0.2) is 18.2 Å². The summed E-state index contributed by atoms with van der Waals surface area (Å²) >= 11 is 0. The molecule has 1 fully saturated rings. The van der Waals surface area contributed by atoms with Crippen molar-refractivity contribution in [2.75, 3.05) is 24.2 Å². The smallest absolute Gasteiger partial charge is 0.250 e. The first kappa shape index (κ1) is 13.2. The normalized spacial score (nSPS) is 13.9. The molecule has 5 N–H and O–H groups in total. The molecular formula is C13H18N4O2.